The maximum atomic E-state index is 6.17. The summed E-state index contributed by atoms with van der Waals surface area (Å²) in [5.41, 5.74) is 6.76. The van der Waals surface area contributed by atoms with Crippen molar-refractivity contribution in [1.82, 2.24) is 4.90 Å². The van der Waals surface area contributed by atoms with Gasteiger partial charge in [-0.15, -0.1) is 0 Å². The minimum absolute atomic E-state index is 0.395. The summed E-state index contributed by atoms with van der Waals surface area (Å²) in [4.78, 5) is 3.02. The first-order valence-electron chi connectivity index (χ1n) is 6.02. The van der Waals surface area contributed by atoms with Crippen LogP contribution in [0.1, 0.15) is 18.4 Å². The molecule has 1 heterocycles. The highest BCUT2D eigenvalue weighted by Crippen LogP contribution is 2.24. The van der Waals surface area contributed by atoms with E-state index >= 15 is 0 Å². The number of thiocarbonyl (C=S) groups is 1. The van der Waals surface area contributed by atoms with E-state index in [1.54, 1.807) is 0 Å². The molecule has 0 spiro atoms. The van der Waals surface area contributed by atoms with Crippen molar-refractivity contribution < 1.29 is 0 Å². The molecule has 1 aromatic carbocycles. The third-order valence-electron chi connectivity index (χ3n) is 3.39. The fourth-order valence-corrected chi connectivity index (χ4v) is 2.89. The summed E-state index contributed by atoms with van der Waals surface area (Å²) in [7, 11) is 0. The molecule has 2 rings (SSSR count). The van der Waals surface area contributed by atoms with Crippen molar-refractivity contribution in [1.29, 1.82) is 0 Å². The van der Waals surface area contributed by atoms with Gasteiger partial charge in [0.15, 0.2) is 0 Å². The summed E-state index contributed by atoms with van der Waals surface area (Å²) in [5, 5.41) is 1.50. The van der Waals surface area contributed by atoms with Crippen LogP contribution >= 0.6 is 35.4 Å². The number of benzene rings is 1. The molecule has 0 unspecified atom stereocenters. The van der Waals surface area contributed by atoms with Gasteiger partial charge in [-0.3, -0.25) is 4.90 Å². The Morgan fingerprint density at radius 2 is 2.00 bits per heavy atom. The van der Waals surface area contributed by atoms with Crippen molar-refractivity contribution in [3.63, 3.8) is 0 Å². The monoisotopic (exact) mass is 302 g/mol. The molecule has 0 radical (unpaired) electrons. The lowest BCUT2D eigenvalue weighted by Gasteiger charge is -2.31. The normalized spacial score (nSPS) is 17.9. The molecule has 0 aromatic heterocycles. The summed E-state index contributed by atoms with van der Waals surface area (Å²) < 4.78 is 0. The molecule has 0 aliphatic carbocycles. The largest absolute Gasteiger partial charge is 0.393 e. The SMILES string of the molecule is NC(=S)C1CCN(Cc2cc(Cl)ccc2Cl)CC1. The van der Waals surface area contributed by atoms with E-state index in [-0.39, 0.29) is 0 Å². The number of hydrogen-bond donors (Lipinski definition) is 1. The van der Waals surface area contributed by atoms with Crippen LogP contribution in [0.3, 0.4) is 0 Å². The molecular weight excluding hydrogens is 287 g/mol. The number of likely N-dealkylation sites (tertiary alicyclic amines) is 1. The average molecular weight is 303 g/mol. The standard InChI is InChI=1S/C13H16Cl2N2S/c14-11-1-2-12(15)10(7-11)8-17-5-3-9(4-6-17)13(16)18/h1-2,7,9H,3-6,8H2,(H2,16,18). The lowest BCUT2D eigenvalue weighted by Crippen LogP contribution is -2.37. The Balaban J connectivity index is 1.95. The molecule has 1 saturated heterocycles. The fourth-order valence-electron chi connectivity index (χ4n) is 2.28. The Hall–Kier alpha value is -0.350. The van der Waals surface area contributed by atoms with Crippen LogP contribution in [-0.4, -0.2) is 23.0 Å². The van der Waals surface area contributed by atoms with E-state index in [1.807, 2.05) is 18.2 Å². The quantitative estimate of drug-likeness (QED) is 0.867. The van der Waals surface area contributed by atoms with Gasteiger partial charge in [-0.2, -0.15) is 0 Å². The van der Waals surface area contributed by atoms with Gasteiger partial charge in [0.05, 0.1) is 4.99 Å². The third-order valence-corrected chi connectivity index (χ3v) is 4.33. The highest BCUT2D eigenvalue weighted by molar-refractivity contribution is 7.80. The number of halogens is 2. The van der Waals surface area contributed by atoms with Gasteiger partial charge in [-0.25, -0.2) is 0 Å². The molecule has 1 fully saturated rings. The lowest BCUT2D eigenvalue weighted by atomic mass is 9.96. The zero-order valence-corrected chi connectivity index (χ0v) is 12.4. The summed E-state index contributed by atoms with van der Waals surface area (Å²) in [6, 6.07) is 5.59. The van der Waals surface area contributed by atoms with E-state index in [9.17, 15) is 0 Å². The van der Waals surface area contributed by atoms with Gasteiger partial charge in [0, 0.05) is 22.5 Å². The number of piperidine rings is 1. The first kappa shape index (κ1) is 14.1. The Kier molecular flexibility index (Phi) is 4.84. The molecule has 5 heteroatoms. The van der Waals surface area contributed by atoms with Crippen molar-refractivity contribution in [2.24, 2.45) is 11.7 Å². The summed E-state index contributed by atoms with van der Waals surface area (Å²) >= 11 is 17.2. The number of hydrogen-bond acceptors (Lipinski definition) is 2. The summed E-state index contributed by atoms with van der Waals surface area (Å²) in [6.07, 6.45) is 2.07. The van der Waals surface area contributed by atoms with Gasteiger partial charge in [0.1, 0.15) is 0 Å². The van der Waals surface area contributed by atoms with Gasteiger partial charge >= 0.3 is 0 Å². The van der Waals surface area contributed by atoms with Crippen LogP contribution in [0.15, 0.2) is 18.2 Å². The zero-order chi connectivity index (χ0) is 13.1. The van der Waals surface area contributed by atoms with E-state index in [0.29, 0.717) is 10.9 Å². The topological polar surface area (TPSA) is 29.3 Å². The van der Waals surface area contributed by atoms with Crippen LogP contribution < -0.4 is 5.73 Å². The van der Waals surface area contributed by atoms with Crippen LogP contribution in [0, 0.1) is 5.92 Å². The average Bonchev–Trinajstić information content (AvgIpc) is 2.34. The second-order valence-corrected chi connectivity index (χ2v) is 6.00. The molecule has 2 nitrogen and oxygen atoms in total. The van der Waals surface area contributed by atoms with Crippen molar-refractivity contribution in [2.75, 3.05) is 13.1 Å². The number of rotatable bonds is 3. The molecule has 1 aromatic rings. The van der Waals surface area contributed by atoms with Gasteiger partial charge in [-0.1, -0.05) is 35.4 Å². The maximum Gasteiger partial charge on any atom is 0.0759 e. The molecule has 0 atom stereocenters. The molecule has 0 saturated carbocycles. The van der Waals surface area contributed by atoms with Crippen molar-refractivity contribution >= 4 is 40.4 Å². The molecule has 0 amide bonds. The Morgan fingerprint density at radius 1 is 1.33 bits per heavy atom. The van der Waals surface area contributed by atoms with Crippen LogP contribution in [0.4, 0.5) is 0 Å². The van der Waals surface area contributed by atoms with Crippen LogP contribution in [-0.2, 0) is 6.54 Å². The van der Waals surface area contributed by atoms with Crippen molar-refractivity contribution in [3.8, 4) is 0 Å². The van der Waals surface area contributed by atoms with Gasteiger partial charge in [0.25, 0.3) is 0 Å². The summed E-state index contributed by atoms with van der Waals surface area (Å²) in [5.74, 6) is 0.395. The van der Waals surface area contributed by atoms with Gasteiger partial charge in [-0.05, 0) is 49.7 Å². The van der Waals surface area contributed by atoms with Crippen molar-refractivity contribution in [2.45, 2.75) is 19.4 Å². The first-order chi connectivity index (χ1) is 8.56. The lowest BCUT2D eigenvalue weighted by molar-refractivity contribution is 0.202. The maximum absolute atomic E-state index is 6.17. The Labute approximate surface area is 123 Å². The summed E-state index contributed by atoms with van der Waals surface area (Å²) in [6.45, 7) is 2.85. The number of nitrogens with two attached hydrogens (primary N) is 1. The van der Waals surface area contributed by atoms with E-state index in [2.05, 4.69) is 4.90 Å². The zero-order valence-electron chi connectivity index (χ0n) is 10.0. The van der Waals surface area contributed by atoms with Crippen LogP contribution in [0.25, 0.3) is 0 Å². The molecule has 0 bridgehead atoms. The van der Waals surface area contributed by atoms with E-state index in [1.165, 1.54) is 0 Å². The predicted molar refractivity (Wildman–Crippen MR) is 81.2 cm³/mol. The Bertz CT molecular complexity index is 443. The van der Waals surface area contributed by atoms with Crippen LogP contribution in [0.2, 0.25) is 10.0 Å². The molecule has 1 aliphatic rings. The minimum atomic E-state index is 0.395. The van der Waals surface area contributed by atoms with E-state index in [4.69, 9.17) is 41.2 Å². The third kappa shape index (κ3) is 3.58. The van der Waals surface area contributed by atoms with E-state index < -0.39 is 0 Å². The van der Waals surface area contributed by atoms with Gasteiger partial charge in [0.2, 0.25) is 0 Å². The molecule has 2 N–H and O–H groups in total. The predicted octanol–water partition coefficient (Wildman–Crippen LogP) is 3.49. The highest BCUT2D eigenvalue weighted by Gasteiger charge is 2.21. The van der Waals surface area contributed by atoms with Crippen molar-refractivity contribution in [3.05, 3.63) is 33.8 Å². The van der Waals surface area contributed by atoms with Crippen LogP contribution in [0.5, 0.6) is 0 Å². The van der Waals surface area contributed by atoms with Gasteiger partial charge < -0.3 is 5.73 Å². The fraction of sp³-hybridized carbons (Fsp3) is 0.462. The molecule has 18 heavy (non-hydrogen) atoms. The van der Waals surface area contributed by atoms with E-state index in [0.717, 1.165) is 48.1 Å². The Morgan fingerprint density at radius 3 is 2.61 bits per heavy atom. The molecule has 98 valence electrons. The molecular formula is C13H16Cl2N2S. The first-order valence-corrected chi connectivity index (χ1v) is 7.18. The number of nitrogens with zero attached hydrogens (tertiary/aromatic N) is 1. The molecule has 1 aliphatic heterocycles. The minimum Gasteiger partial charge on any atom is -0.393 e. The second-order valence-electron chi connectivity index (χ2n) is 4.69. The highest BCUT2D eigenvalue weighted by atomic mass is 35.5. The smallest absolute Gasteiger partial charge is 0.0759 e. The second kappa shape index (κ2) is 6.20.